The largest absolute Gasteiger partial charge is 0.492 e. The van der Waals surface area contributed by atoms with Crippen molar-refractivity contribution in [3.63, 3.8) is 0 Å². The first-order chi connectivity index (χ1) is 11.5. The molecule has 2 amide bonds. The highest BCUT2D eigenvalue weighted by Gasteiger charge is 2.17. The van der Waals surface area contributed by atoms with Crippen LogP contribution < -0.4 is 15.4 Å². The van der Waals surface area contributed by atoms with Crippen LogP contribution in [0.25, 0.3) is 0 Å². The van der Waals surface area contributed by atoms with Gasteiger partial charge in [-0.05, 0) is 57.0 Å². The molecule has 2 rings (SSSR count). The Labute approximate surface area is 143 Å². The molecule has 2 N–H and O–H groups in total. The molecule has 0 saturated carbocycles. The first-order valence-corrected chi connectivity index (χ1v) is 8.50. The lowest BCUT2D eigenvalue weighted by Crippen LogP contribution is -2.22. The molecule has 0 spiro atoms. The van der Waals surface area contributed by atoms with Crippen molar-refractivity contribution in [1.82, 2.24) is 10.2 Å². The Morgan fingerprint density at radius 3 is 2.79 bits per heavy atom. The Morgan fingerprint density at radius 2 is 2.17 bits per heavy atom. The van der Waals surface area contributed by atoms with Gasteiger partial charge < -0.3 is 20.3 Å². The molecule has 1 unspecified atom stereocenters. The van der Waals surface area contributed by atoms with E-state index in [1.165, 1.54) is 4.90 Å². The monoisotopic (exact) mass is 333 g/mol. The number of carbonyl (C=O) groups is 2. The van der Waals surface area contributed by atoms with Gasteiger partial charge in [-0.3, -0.25) is 9.59 Å². The van der Waals surface area contributed by atoms with Gasteiger partial charge in [-0.1, -0.05) is 0 Å². The molecule has 1 heterocycles. The first-order valence-electron chi connectivity index (χ1n) is 8.50. The average molecular weight is 333 g/mol. The Balaban J connectivity index is 2.05. The second-order valence-electron chi connectivity index (χ2n) is 6.29. The second-order valence-corrected chi connectivity index (χ2v) is 6.29. The van der Waals surface area contributed by atoms with E-state index in [0.29, 0.717) is 35.9 Å². The highest BCUT2D eigenvalue weighted by atomic mass is 16.5. The third-order valence-electron chi connectivity index (χ3n) is 4.15. The fraction of sp³-hybridized carbons (Fsp3) is 0.556. The molecule has 1 aliphatic rings. The Hall–Kier alpha value is -2.08. The van der Waals surface area contributed by atoms with E-state index >= 15 is 0 Å². The lowest BCUT2D eigenvalue weighted by molar-refractivity contribution is -0.116. The lowest BCUT2D eigenvalue weighted by Gasteiger charge is -2.15. The number of carbonyl (C=O) groups excluding carboxylic acids is 2. The van der Waals surface area contributed by atoms with Crippen LogP contribution in [0, 0.1) is 5.92 Å². The van der Waals surface area contributed by atoms with E-state index in [4.69, 9.17) is 4.74 Å². The molecule has 6 heteroatoms. The maximum atomic E-state index is 12.3. The first kappa shape index (κ1) is 18.3. The second kappa shape index (κ2) is 8.68. The molecule has 1 aromatic carbocycles. The molecule has 1 aromatic rings. The SMILES string of the molecule is CCOc1ccc(C(=O)N(C)C)cc1NC(=O)CCC1CCNC1. The van der Waals surface area contributed by atoms with E-state index < -0.39 is 0 Å². The van der Waals surface area contributed by atoms with Gasteiger partial charge in [0.1, 0.15) is 5.75 Å². The summed E-state index contributed by atoms with van der Waals surface area (Å²) in [5.74, 6) is 1.01. The summed E-state index contributed by atoms with van der Waals surface area (Å²) in [5.41, 5.74) is 1.08. The summed E-state index contributed by atoms with van der Waals surface area (Å²) in [5, 5.41) is 6.21. The van der Waals surface area contributed by atoms with Crippen LogP contribution in [0.2, 0.25) is 0 Å². The number of hydrogen-bond donors (Lipinski definition) is 2. The highest BCUT2D eigenvalue weighted by molar-refractivity contribution is 5.98. The zero-order chi connectivity index (χ0) is 17.5. The third-order valence-corrected chi connectivity index (χ3v) is 4.15. The van der Waals surface area contributed by atoms with Gasteiger partial charge in [-0.25, -0.2) is 0 Å². The maximum Gasteiger partial charge on any atom is 0.253 e. The van der Waals surface area contributed by atoms with Crippen LogP contribution in [0.1, 0.15) is 36.5 Å². The average Bonchev–Trinajstić information content (AvgIpc) is 3.07. The van der Waals surface area contributed by atoms with Crippen LogP contribution >= 0.6 is 0 Å². The minimum Gasteiger partial charge on any atom is -0.492 e. The van der Waals surface area contributed by atoms with Gasteiger partial charge in [-0.2, -0.15) is 0 Å². The minimum atomic E-state index is -0.106. The normalized spacial score (nSPS) is 16.7. The molecule has 0 aromatic heterocycles. The van der Waals surface area contributed by atoms with Crippen LogP contribution in [-0.2, 0) is 4.79 Å². The molecule has 0 radical (unpaired) electrons. The Morgan fingerprint density at radius 1 is 1.38 bits per heavy atom. The van der Waals surface area contributed by atoms with Gasteiger partial charge in [-0.15, -0.1) is 0 Å². The summed E-state index contributed by atoms with van der Waals surface area (Å²) >= 11 is 0. The summed E-state index contributed by atoms with van der Waals surface area (Å²) in [6.45, 7) is 4.41. The van der Waals surface area contributed by atoms with Crippen LogP contribution in [0.3, 0.4) is 0 Å². The molecule has 0 bridgehead atoms. The molecule has 24 heavy (non-hydrogen) atoms. The number of amides is 2. The van der Waals surface area contributed by atoms with Crippen molar-refractivity contribution in [3.8, 4) is 5.75 Å². The predicted molar refractivity (Wildman–Crippen MR) is 94.5 cm³/mol. The summed E-state index contributed by atoms with van der Waals surface area (Å²) in [7, 11) is 3.40. The Bertz CT molecular complexity index is 581. The fourth-order valence-corrected chi connectivity index (χ4v) is 2.81. The number of ether oxygens (including phenoxy) is 1. The molecular weight excluding hydrogens is 306 g/mol. The van der Waals surface area contributed by atoms with Crippen LogP contribution in [0.5, 0.6) is 5.75 Å². The van der Waals surface area contributed by atoms with Crippen LogP contribution in [0.4, 0.5) is 5.69 Å². The van der Waals surface area contributed by atoms with Crippen molar-refractivity contribution in [2.45, 2.75) is 26.2 Å². The molecule has 0 aliphatic carbocycles. The third kappa shape index (κ3) is 4.96. The molecule has 132 valence electrons. The van der Waals surface area contributed by atoms with E-state index in [1.54, 1.807) is 32.3 Å². The van der Waals surface area contributed by atoms with Gasteiger partial charge in [0.15, 0.2) is 0 Å². The van der Waals surface area contributed by atoms with Crippen molar-refractivity contribution in [2.75, 3.05) is 39.1 Å². The highest BCUT2D eigenvalue weighted by Crippen LogP contribution is 2.27. The van der Waals surface area contributed by atoms with Gasteiger partial charge in [0.25, 0.3) is 5.91 Å². The molecule has 6 nitrogen and oxygen atoms in total. The number of benzene rings is 1. The van der Waals surface area contributed by atoms with Crippen molar-refractivity contribution in [1.29, 1.82) is 0 Å². The lowest BCUT2D eigenvalue weighted by atomic mass is 10.0. The van der Waals surface area contributed by atoms with Gasteiger partial charge in [0.05, 0.1) is 12.3 Å². The molecule has 1 aliphatic heterocycles. The van der Waals surface area contributed by atoms with E-state index in [2.05, 4.69) is 10.6 Å². The molecular formula is C18H27N3O3. The minimum absolute atomic E-state index is 0.0442. The molecule has 1 fully saturated rings. The number of nitrogens with zero attached hydrogens (tertiary/aromatic N) is 1. The number of hydrogen-bond acceptors (Lipinski definition) is 4. The zero-order valence-electron chi connectivity index (χ0n) is 14.7. The fourth-order valence-electron chi connectivity index (χ4n) is 2.81. The van der Waals surface area contributed by atoms with E-state index in [-0.39, 0.29) is 11.8 Å². The number of nitrogens with one attached hydrogen (secondary N) is 2. The van der Waals surface area contributed by atoms with E-state index in [1.807, 2.05) is 6.92 Å². The molecule has 1 saturated heterocycles. The van der Waals surface area contributed by atoms with Gasteiger partial charge >= 0.3 is 0 Å². The van der Waals surface area contributed by atoms with Crippen molar-refractivity contribution < 1.29 is 14.3 Å². The Kier molecular flexibility index (Phi) is 6.61. The van der Waals surface area contributed by atoms with Gasteiger partial charge in [0.2, 0.25) is 5.91 Å². The van der Waals surface area contributed by atoms with Crippen LogP contribution in [-0.4, -0.2) is 50.5 Å². The smallest absolute Gasteiger partial charge is 0.253 e. The summed E-state index contributed by atoms with van der Waals surface area (Å²) in [6.07, 6.45) is 2.48. The predicted octanol–water partition coefficient (Wildman–Crippen LogP) is 2.12. The topological polar surface area (TPSA) is 70.7 Å². The van der Waals surface area contributed by atoms with Gasteiger partial charge in [0, 0.05) is 26.1 Å². The quantitative estimate of drug-likeness (QED) is 0.802. The summed E-state index contributed by atoms with van der Waals surface area (Å²) in [4.78, 5) is 25.9. The van der Waals surface area contributed by atoms with Crippen molar-refractivity contribution >= 4 is 17.5 Å². The molecule has 1 atom stereocenters. The van der Waals surface area contributed by atoms with Crippen molar-refractivity contribution in [2.24, 2.45) is 5.92 Å². The number of rotatable bonds is 7. The van der Waals surface area contributed by atoms with Crippen LogP contribution in [0.15, 0.2) is 18.2 Å². The van der Waals surface area contributed by atoms with E-state index in [0.717, 1.165) is 25.9 Å². The summed E-state index contributed by atoms with van der Waals surface area (Å²) in [6, 6.07) is 5.13. The zero-order valence-corrected chi connectivity index (χ0v) is 14.7. The van der Waals surface area contributed by atoms with E-state index in [9.17, 15) is 9.59 Å². The standard InChI is InChI=1S/C18H27N3O3/c1-4-24-16-7-6-14(18(23)21(2)3)11-15(16)20-17(22)8-5-13-9-10-19-12-13/h6-7,11,13,19H,4-5,8-10,12H2,1-3H3,(H,20,22). The van der Waals surface area contributed by atoms with Crippen molar-refractivity contribution in [3.05, 3.63) is 23.8 Å². The summed E-state index contributed by atoms with van der Waals surface area (Å²) < 4.78 is 5.56. The number of anilines is 1. The maximum absolute atomic E-state index is 12.3.